The Hall–Kier alpha value is -3.01. The molecule has 0 aliphatic rings. The molecule has 0 amide bonds. The number of aromatic nitrogens is 6. The monoisotopic (exact) mass is 374 g/mol. The second kappa shape index (κ2) is 6.71. The van der Waals surface area contributed by atoms with Crippen LogP contribution >= 0.6 is 11.8 Å². The molecule has 0 saturated carbocycles. The van der Waals surface area contributed by atoms with E-state index in [2.05, 4.69) is 20.1 Å². The normalized spacial score (nSPS) is 11.5. The van der Waals surface area contributed by atoms with Crippen molar-refractivity contribution in [1.82, 2.24) is 29.3 Å². The molecule has 0 bridgehead atoms. The topological polar surface area (TPSA) is 81.4 Å². The molecule has 0 saturated heterocycles. The fourth-order valence-electron chi connectivity index (χ4n) is 2.49. The maximum absolute atomic E-state index is 12.9. The number of H-pyrrole nitrogens is 1. The van der Waals surface area contributed by atoms with Crippen molar-refractivity contribution in [3.05, 3.63) is 65.1 Å². The Balaban J connectivity index is 1.68. The zero-order valence-corrected chi connectivity index (χ0v) is 14.0. The molecule has 0 fully saturated rings. The van der Waals surface area contributed by atoms with Gasteiger partial charge in [-0.25, -0.2) is 14.6 Å². The number of rotatable bonds is 5. The van der Waals surface area contributed by atoms with E-state index in [1.54, 1.807) is 4.68 Å². The van der Waals surface area contributed by atoms with Gasteiger partial charge in [-0.1, -0.05) is 30.0 Å². The number of imidazole rings is 1. The Morgan fingerprint density at radius 2 is 2.04 bits per heavy atom. The third kappa shape index (κ3) is 2.99. The van der Waals surface area contributed by atoms with Gasteiger partial charge in [0, 0.05) is 12.4 Å². The van der Waals surface area contributed by atoms with Gasteiger partial charge in [0.05, 0.1) is 17.6 Å². The first-order valence-corrected chi connectivity index (χ1v) is 8.58. The lowest BCUT2D eigenvalue weighted by Crippen LogP contribution is -2.10. The summed E-state index contributed by atoms with van der Waals surface area (Å²) in [6.45, 7) is -2.66. The van der Waals surface area contributed by atoms with E-state index in [9.17, 15) is 13.6 Å². The Morgan fingerprint density at radius 1 is 1.23 bits per heavy atom. The summed E-state index contributed by atoms with van der Waals surface area (Å²) in [5.41, 5.74) is 0.835. The molecule has 0 spiro atoms. The van der Waals surface area contributed by atoms with Crippen molar-refractivity contribution >= 4 is 22.8 Å². The van der Waals surface area contributed by atoms with Crippen LogP contribution in [0.25, 0.3) is 16.7 Å². The summed E-state index contributed by atoms with van der Waals surface area (Å²) in [5, 5.41) is 4.89. The molecule has 1 aromatic carbocycles. The van der Waals surface area contributed by atoms with Crippen molar-refractivity contribution in [2.75, 3.05) is 0 Å². The number of alkyl halides is 2. The van der Waals surface area contributed by atoms with Crippen LogP contribution in [0.4, 0.5) is 8.78 Å². The molecule has 0 radical (unpaired) electrons. The van der Waals surface area contributed by atoms with Crippen LogP contribution in [-0.4, -0.2) is 29.3 Å². The number of hydrogen-bond acceptors (Lipinski definition) is 5. The SMILES string of the molecule is O=c1[nH]c(SCc2nccn2C(F)F)nc2c1cnn2-c1ccccc1. The average Bonchev–Trinajstić information content (AvgIpc) is 3.28. The highest BCUT2D eigenvalue weighted by Gasteiger charge is 2.14. The average molecular weight is 374 g/mol. The number of aromatic amines is 1. The maximum Gasteiger partial charge on any atom is 0.319 e. The molecule has 4 rings (SSSR count). The van der Waals surface area contributed by atoms with Crippen molar-refractivity contribution in [3.8, 4) is 5.69 Å². The molecule has 26 heavy (non-hydrogen) atoms. The van der Waals surface area contributed by atoms with Crippen LogP contribution in [0.2, 0.25) is 0 Å². The van der Waals surface area contributed by atoms with Gasteiger partial charge in [0.25, 0.3) is 5.56 Å². The minimum atomic E-state index is -2.66. The molecule has 0 atom stereocenters. The quantitative estimate of drug-likeness (QED) is 0.429. The summed E-state index contributed by atoms with van der Waals surface area (Å²) in [7, 11) is 0. The van der Waals surface area contributed by atoms with Gasteiger partial charge in [-0.3, -0.25) is 9.36 Å². The third-order valence-corrected chi connectivity index (χ3v) is 4.58. The van der Waals surface area contributed by atoms with Gasteiger partial charge in [-0.2, -0.15) is 13.9 Å². The summed E-state index contributed by atoms with van der Waals surface area (Å²) < 4.78 is 28.1. The predicted molar refractivity (Wildman–Crippen MR) is 92.5 cm³/mol. The lowest BCUT2D eigenvalue weighted by atomic mass is 10.3. The molecule has 0 aliphatic heterocycles. The van der Waals surface area contributed by atoms with E-state index in [-0.39, 0.29) is 17.1 Å². The number of fused-ring (bicyclic) bond motifs is 1. The molecular weight excluding hydrogens is 362 g/mol. The van der Waals surface area contributed by atoms with E-state index >= 15 is 0 Å². The summed E-state index contributed by atoms with van der Waals surface area (Å²) in [4.78, 5) is 23.3. The maximum atomic E-state index is 12.9. The number of nitrogens with zero attached hydrogens (tertiary/aromatic N) is 5. The van der Waals surface area contributed by atoms with Gasteiger partial charge >= 0.3 is 6.55 Å². The van der Waals surface area contributed by atoms with Crippen molar-refractivity contribution in [3.63, 3.8) is 0 Å². The molecule has 0 aliphatic carbocycles. The molecule has 132 valence electrons. The highest BCUT2D eigenvalue weighted by molar-refractivity contribution is 7.98. The fourth-order valence-corrected chi connectivity index (χ4v) is 3.30. The van der Waals surface area contributed by atoms with Gasteiger partial charge in [-0.05, 0) is 12.1 Å². The van der Waals surface area contributed by atoms with Gasteiger partial charge in [0.1, 0.15) is 11.2 Å². The van der Waals surface area contributed by atoms with E-state index in [1.165, 1.54) is 18.6 Å². The lowest BCUT2D eigenvalue weighted by Gasteiger charge is -2.06. The predicted octanol–water partition coefficient (Wildman–Crippen LogP) is 2.99. The van der Waals surface area contributed by atoms with Crippen LogP contribution in [0.1, 0.15) is 12.4 Å². The first-order valence-electron chi connectivity index (χ1n) is 7.59. The number of nitrogens with one attached hydrogen (secondary N) is 1. The van der Waals surface area contributed by atoms with Crippen LogP contribution in [0, 0.1) is 0 Å². The van der Waals surface area contributed by atoms with Crippen LogP contribution in [0.15, 0.2) is 58.9 Å². The molecule has 7 nitrogen and oxygen atoms in total. The van der Waals surface area contributed by atoms with E-state index in [0.29, 0.717) is 16.2 Å². The van der Waals surface area contributed by atoms with E-state index in [0.717, 1.165) is 22.0 Å². The van der Waals surface area contributed by atoms with E-state index < -0.39 is 6.55 Å². The highest BCUT2D eigenvalue weighted by Crippen LogP contribution is 2.22. The van der Waals surface area contributed by atoms with Crippen LogP contribution in [0.3, 0.4) is 0 Å². The molecule has 0 unspecified atom stereocenters. The van der Waals surface area contributed by atoms with Crippen LogP contribution in [-0.2, 0) is 5.75 Å². The number of halogens is 2. The van der Waals surface area contributed by atoms with Gasteiger partial charge in [-0.15, -0.1) is 0 Å². The molecule has 1 N–H and O–H groups in total. The van der Waals surface area contributed by atoms with Crippen molar-refractivity contribution < 1.29 is 8.78 Å². The Morgan fingerprint density at radius 3 is 2.81 bits per heavy atom. The van der Waals surface area contributed by atoms with Crippen LogP contribution in [0.5, 0.6) is 0 Å². The second-order valence-corrected chi connectivity index (χ2v) is 6.28. The zero-order valence-electron chi connectivity index (χ0n) is 13.2. The summed E-state index contributed by atoms with van der Waals surface area (Å²) in [5.74, 6) is 0.343. The lowest BCUT2D eigenvalue weighted by molar-refractivity contribution is 0.0678. The van der Waals surface area contributed by atoms with Crippen molar-refractivity contribution in [2.45, 2.75) is 17.5 Å². The summed E-state index contributed by atoms with van der Waals surface area (Å²) in [6.07, 6.45) is 3.97. The zero-order chi connectivity index (χ0) is 18.1. The second-order valence-electron chi connectivity index (χ2n) is 5.32. The minimum absolute atomic E-state index is 0.144. The van der Waals surface area contributed by atoms with Gasteiger partial charge in [0.2, 0.25) is 0 Å². The first kappa shape index (κ1) is 16.5. The van der Waals surface area contributed by atoms with Crippen molar-refractivity contribution in [1.29, 1.82) is 0 Å². The first-order chi connectivity index (χ1) is 12.6. The molecule has 3 heterocycles. The minimum Gasteiger partial charge on any atom is -0.301 e. The highest BCUT2D eigenvalue weighted by atomic mass is 32.2. The van der Waals surface area contributed by atoms with Crippen LogP contribution < -0.4 is 5.56 Å². The number of hydrogen-bond donors (Lipinski definition) is 1. The standard InChI is InChI=1S/C16H12F2N6OS/c17-15(18)23-7-6-19-12(23)9-26-16-21-13-11(14(25)22-16)8-20-24(13)10-4-2-1-3-5-10/h1-8,15H,9H2,(H,21,22,25). The molecule has 10 heteroatoms. The summed E-state index contributed by atoms with van der Waals surface area (Å²) in [6, 6.07) is 9.29. The fraction of sp³-hybridized carbons (Fsp3) is 0.125. The van der Waals surface area contributed by atoms with E-state index in [4.69, 9.17) is 0 Å². The Kier molecular flexibility index (Phi) is 4.25. The van der Waals surface area contributed by atoms with Gasteiger partial charge < -0.3 is 4.98 Å². The van der Waals surface area contributed by atoms with Gasteiger partial charge in [0.15, 0.2) is 10.8 Å². The molecule has 3 aromatic heterocycles. The smallest absolute Gasteiger partial charge is 0.301 e. The molecular formula is C16H12F2N6OS. The third-order valence-electron chi connectivity index (χ3n) is 3.71. The largest absolute Gasteiger partial charge is 0.319 e. The number of benzene rings is 1. The Labute approximate surface area is 149 Å². The van der Waals surface area contributed by atoms with E-state index in [1.807, 2.05) is 30.3 Å². The summed E-state index contributed by atoms with van der Waals surface area (Å²) >= 11 is 1.12. The number of thioether (sulfide) groups is 1. The Bertz CT molecular complexity index is 1100. The molecule has 4 aromatic rings. The number of para-hydroxylation sites is 1. The van der Waals surface area contributed by atoms with Crippen molar-refractivity contribution in [2.24, 2.45) is 0 Å².